The van der Waals surface area contributed by atoms with Crippen LogP contribution >= 0.6 is 11.9 Å². The first kappa shape index (κ1) is 33.1. The zero-order valence-electron chi connectivity index (χ0n) is 25.8. The highest BCUT2D eigenvalue weighted by molar-refractivity contribution is 8.00. The lowest BCUT2D eigenvalue weighted by Crippen LogP contribution is -2.32. The number of hydrogen-bond acceptors (Lipinski definition) is 10. The van der Waals surface area contributed by atoms with E-state index in [1.165, 1.54) is 11.9 Å². The Bertz CT molecular complexity index is 1540. The number of aryl methyl sites for hydroxylation is 1. The summed E-state index contributed by atoms with van der Waals surface area (Å²) in [4.78, 5) is 12.8. The van der Waals surface area contributed by atoms with Gasteiger partial charge in [0.15, 0.2) is 11.4 Å². The first-order chi connectivity index (χ1) is 20.7. The van der Waals surface area contributed by atoms with Gasteiger partial charge in [0.05, 0.1) is 37.2 Å². The zero-order valence-corrected chi connectivity index (χ0v) is 26.6. The maximum Gasteiger partial charge on any atom is 0.407 e. The van der Waals surface area contributed by atoms with Crippen LogP contribution in [0.1, 0.15) is 64.7 Å². The van der Waals surface area contributed by atoms with Gasteiger partial charge < -0.3 is 28.8 Å². The van der Waals surface area contributed by atoms with Crippen molar-refractivity contribution < 1.29 is 23.5 Å². The van der Waals surface area contributed by atoms with Crippen LogP contribution in [0.5, 0.6) is 11.5 Å². The number of hydrogen-bond donors (Lipinski definition) is 2. The molecule has 12 heteroatoms. The summed E-state index contributed by atoms with van der Waals surface area (Å²) < 4.78 is 27.5. The molecular formula is C31H40N6O5S. The molecule has 11 nitrogen and oxygen atoms in total. The fraction of sp³-hybridized carbons (Fsp3) is 0.419. The molecule has 0 spiro atoms. The number of benzene rings is 2. The summed E-state index contributed by atoms with van der Waals surface area (Å²) in [5.74, 6) is 1.82. The summed E-state index contributed by atoms with van der Waals surface area (Å²) in [6.07, 6.45) is 4.27. The van der Waals surface area contributed by atoms with E-state index in [4.69, 9.17) is 24.0 Å². The summed E-state index contributed by atoms with van der Waals surface area (Å²) >= 11 is 1.36. The van der Waals surface area contributed by atoms with Gasteiger partial charge in [0, 0.05) is 18.3 Å². The van der Waals surface area contributed by atoms with E-state index in [9.17, 15) is 4.79 Å². The summed E-state index contributed by atoms with van der Waals surface area (Å²) in [7, 11) is 1.60. The van der Waals surface area contributed by atoms with Crippen molar-refractivity contribution in [3.05, 3.63) is 59.4 Å². The van der Waals surface area contributed by atoms with Crippen LogP contribution in [0.25, 0.3) is 11.0 Å². The Morgan fingerprint density at radius 1 is 1.14 bits per heavy atom. The number of alkyl carbamates (subject to hydrolysis) is 1. The molecule has 230 valence electrons. The van der Waals surface area contributed by atoms with Gasteiger partial charge >= 0.3 is 6.09 Å². The van der Waals surface area contributed by atoms with Gasteiger partial charge in [-0.3, -0.25) is 4.68 Å². The van der Waals surface area contributed by atoms with Gasteiger partial charge in [-0.2, -0.15) is 10.4 Å². The summed E-state index contributed by atoms with van der Waals surface area (Å²) in [6, 6.07) is 11.9. The zero-order chi connectivity index (χ0) is 31.4. The highest BCUT2D eigenvalue weighted by atomic mass is 32.2. The third-order valence-electron chi connectivity index (χ3n) is 5.83. The molecular weight excluding hydrogens is 568 g/mol. The van der Waals surface area contributed by atoms with Crippen LogP contribution in [0.2, 0.25) is 0 Å². The molecule has 0 radical (unpaired) electrons. The van der Waals surface area contributed by atoms with Crippen molar-refractivity contribution in [3.8, 4) is 17.6 Å². The van der Waals surface area contributed by atoms with E-state index >= 15 is 0 Å². The van der Waals surface area contributed by atoms with Gasteiger partial charge in [-0.1, -0.05) is 32.0 Å². The Kier molecular flexibility index (Phi) is 12.1. The smallest absolute Gasteiger partial charge is 0.407 e. The van der Waals surface area contributed by atoms with Crippen LogP contribution in [0.15, 0.2) is 52.1 Å². The number of carbonyl (C=O) groups excluding carboxylic acids is 1. The number of nitrogens with one attached hydrogen (secondary N) is 2. The molecule has 2 aromatic carbocycles. The number of anilines is 1. The Hall–Kier alpha value is -4.37. The molecule has 0 aliphatic heterocycles. The molecule has 4 rings (SSSR count). The Labute approximate surface area is 257 Å². The maximum atomic E-state index is 11.9. The van der Waals surface area contributed by atoms with Crippen LogP contribution in [-0.2, 0) is 24.2 Å². The van der Waals surface area contributed by atoms with Crippen LogP contribution < -0.4 is 19.5 Å². The van der Waals surface area contributed by atoms with Gasteiger partial charge in [0.25, 0.3) is 0 Å². The highest BCUT2D eigenvalue weighted by Crippen LogP contribution is 2.38. The van der Waals surface area contributed by atoms with E-state index in [-0.39, 0.29) is 0 Å². The van der Waals surface area contributed by atoms with Gasteiger partial charge in [-0.25, -0.2) is 4.79 Å². The monoisotopic (exact) mass is 608 g/mol. The third kappa shape index (κ3) is 9.58. The van der Waals surface area contributed by atoms with E-state index in [1.54, 1.807) is 18.0 Å². The molecule has 0 fully saturated rings. The largest absolute Gasteiger partial charge is 0.496 e. The van der Waals surface area contributed by atoms with Crippen LogP contribution in [0.3, 0.4) is 0 Å². The number of rotatable bonds is 12. The number of fused-ring (bicyclic) bond motifs is 1. The Morgan fingerprint density at radius 2 is 1.93 bits per heavy atom. The molecule has 0 unspecified atom stereocenters. The minimum absolute atomic E-state index is 0.304. The van der Waals surface area contributed by atoms with E-state index in [2.05, 4.69) is 39.4 Å². The first-order valence-corrected chi connectivity index (χ1v) is 15.0. The van der Waals surface area contributed by atoms with Gasteiger partial charge in [-0.15, -0.1) is 0 Å². The third-order valence-corrected chi connectivity index (χ3v) is 6.66. The molecule has 1 amide bonds. The number of ether oxygens (including phenoxy) is 3. The Morgan fingerprint density at radius 3 is 2.63 bits per heavy atom. The molecule has 2 heterocycles. The molecule has 0 saturated heterocycles. The maximum absolute atomic E-state index is 11.9. The number of nitriles is 1. The normalized spacial score (nSPS) is 10.8. The minimum atomic E-state index is -0.559. The van der Waals surface area contributed by atoms with Crippen molar-refractivity contribution in [2.24, 2.45) is 0 Å². The molecule has 4 aromatic rings. The second-order valence-corrected chi connectivity index (χ2v) is 11.0. The number of nitrogens with zero attached hydrogens (tertiary/aromatic N) is 4. The average molecular weight is 609 g/mol. The molecule has 0 saturated carbocycles. The second kappa shape index (κ2) is 15.7. The van der Waals surface area contributed by atoms with Crippen molar-refractivity contribution in [1.29, 1.82) is 5.26 Å². The van der Waals surface area contributed by atoms with Crippen LogP contribution in [0.4, 0.5) is 10.6 Å². The predicted molar refractivity (Wildman–Crippen MR) is 167 cm³/mol. The summed E-state index contributed by atoms with van der Waals surface area (Å²) in [5, 5.41) is 20.9. The lowest BCUT2D eigenvalue weighted by molar-refractivity contribution is 0.0523. The number of methoxy groups -OCH3 is 1. The van der Waals surface area contributed by atoms with E-state index in [0.717, 1.165) is 28.0 Å². The average Bonchev–Trinajstić information content (AvgIpc) is 3.62. The molecule has 2 N–H and O–H groups in total. The molecule has 43 heavy (non-hydrogen) atoms. The van der Waals surface area contributed by atoms with E-state index in [0.29, 0.717) is 54.4 Å². The standard InChI is InChI=1S/C29H34N6O5S.C2H6/c1-6-19-8-9-22(38-11-7-10-30)25(14-19)41-34-27-26-23(37-5)12-20(13-24(26)40-33-27)17-35-18-21(16-32-35)15-31-28(36)39-29(2,3)4;1-2/h8-9,12-14,16,18H,6-7,11,15,17H2,1-5H3,(H,31,36)(H,33,34);1-2H3. The minimum Gasteiger partial charge on any atom is -0.496 e. The summed E-state index contributed by atoms with van der Waals surface area (Å²) in [6.45, 7) is 12.6. The lowest BCUT2D eigenvalue weighted by Gasteiger charge is -2.19. The van der Waals surface area contributed by atoms with Crippen molar-refractivity contribution in [2.45, 2.75) is 78.0 Å². The fourth-order valence-electron chi connectivity index (χ4n) is 3.95. The topological polar surface area (TPSA) is 136 Å². The van der Waals surface area contributed by atoms with Gasteiger partial charge in [-0.05, 0) is 74.5 Å². The van der Waals surface area contributed by atoms with Crippen LogP contribution in [-0.4, -0.2) is 40.3 Å². The van der Waals surface area contributed by atoms with Crippen molar-refractivity contribution in [2.75, 3.05) is 18.4 Å². The van der Waals surface area contributed by atoms with Crippen LogP contribution in [0, 0.1) is 11.3 Å². The first-order valence-electron chi connectivity index (χ1n) is 14.2. The number of carbonyl (C=O) groups is 1. The fourth-order valence-corrected chi connectivity index (χ4v) is 4.74. The van der Waals surface area contributed by atoms with E-state index < -0.39 is 11.7 Å². The highest BCUT2D eigenvalue weighted by Gasteiger charge is 2.18. The number of amides is 1. The van der Waals surface area contributed by atoms with E-state index in [1.807, 2.05) is 65.1 Å². The second-order valence-electron chi connectivity index (χ2n) is 10.2. The SMILES string of the molecule is CC.CCc1ccc(OCCC#N)c(SNc2noc3cc(Cn4cc(CNC(=O)OC(C)(C)C)cn4)cc(OC)c23)c1. The van der Waals surface area contributed by atoms with Crippen molar-refractivity contribution in [1.82, 2.24) is 20.3 Å². The molecule has 0 aliphatic carbocycles. The lowest BCUT2D eigenvalue weighted by atomic mass is 10.1. The van der Waals surface area contributed by atoms with Crippen molar-refractivity contribution in [3.63, 3.8) is 0 Å². The Balaban J connectivity index is 0.00000248. The quantitative estimate of drug-likeness (QED) is 0.126. The molecule has 0 bridgehead atoms. The van der Waals surface area contributed by atoms with Gasteiger partial charge in [0.1, 0.15) is 29.1 Å². The molecule has 0 aliphatic rings. The molecule has 2 aromatic heterocycles. The van der Waals surface area contributed by atoms with Crippen molar-refractivity contribution >= 4 is 34.8 Å². The summed E-state index contributed by atoms with van der Waals surface area (Å²) in [5.41, 5.74) is 2.92. The molecule has 0 atom stereocenters. The number of aromatic nitrogens is 3. The van der Waals surface area contributed by atoms with Gasteiger partial charge in [0.2, 0.25) is 0 Å². The predicted octanol–water partition coefficient (Wildman–Crippen LogP) is 7.11.